The van der Waals surface area contributed by atoms with Crippen LogP contribution in [0.4, 0.5) is 5.82 Å². The Morgan fingerprint density at radius 2 is 1.96 bits per heavy atom. The number of nitrogens with one attached hydrogen (secondary N) is 1. The first-order chi connectivity index (χ1) is 11.0. The summed E-state index contributed by atoms with van der Waals surface area (Å²) in [7, 11) is -3.54. The van der Waals surface area contributed by atoms with E-state index in [1.54, 1.807) is 13.0 Å². The molecule has 0 unspecified atom stereocenters. The number of aromatic nitrogens is 3. The fourth-order valence-electron chi connectivity index (χ4n) is 1.76. The molecule has 0 bridgehead atoms. The number of aryl methyl sites for hydroxylation is 1. The summed E-state index contributed by atoms with van der Waals surface area (Å²) in [6.45, 7) is 7.34. The molecule has 0 aliphatic carbocycles. The van der Waals surface area contributed by atoms with Gasteiger partial charge in [0.05, 0.1) is 5.75 Å². The Morgan fingerprint density at radius 1 is 1.25 bits per heavy atom. The fraction of sp³-hybridized carbons (Fsp3) is 0.571. The minimum absolute atomic E-state index is 0.0902. The van der Waals surface area contributed by atoms with E-state index < -0.39 is 15.7 Å². The number of rotatable bonds is 6. The zero-order valence-corrected chi connectivity index (χ0v) is 14.8. The second-order valence-electron chi connectivity index (χ2n) is 6.48. The first kappa shape index (κ1) is 18.1. The third kappa shape index (κ3) is 5.15. The molecule has 132 valence electrons. The SMILES string of the molecule is Cc1cc(NC(=O)CCS(=O)(=O)Cc2noc(C(C)(C)C)n2)no1. The predicted molar refractivity (Wildman–Crippen MR) is 85.0 cm³/mol. The summed E-state index contributed by atoms with van der Waals surface area (Å²) >= 11 is 0. The summed E-state index contributed by atoms with van der Waals surface area (Å²) in [6.07, 6.45) is -0.196. The molecule has 2 rings (SSSR count). The van der Waals surface area contributed by atoms with E-state index in [9.17, 15) is 13.2 Å². The lowest BCUT2D eigenvalue weighted by molar-refractivity contribution is -0.115. The van der Waals surface area contributed by atoms with Crippen molar-refractivity contribution in [2.24, 2.45) is 0 Å². The van der Waals surface area contributed by atoms with Crippen molar-refractivity contribution in [3.63, 3.8) is 0 Å². The summed E-state index contributed by atoms with van der Waals surface area (Å²) in [6, 6.07) is 1.54. The van der Waals surface area contributed by atoms with E-state index in [1.165, 1.54) is 0 Å². The molecule has 24 heavy (non-hydrogen) atoms. The highest BCUT2D eigenvalue weighted by molar-refractivity contribution is 7.90. The normalized spacial score (nSPS) is 12.3. The Balaban J connectivity index is 1.89. The van der Waals surface area contributed by atoms with Crippen LogP contribution in [0.25, 0.3) is 0 Å². The monoisotopic (exact) mass is 356 g/mol. The summed E-state index contributed by atoms with van der Waals surface area (Å²) < 4.78 is 34.0. The number of carbonyl (C=O) groups excluding carboxylic acids is 1. The van der Waals surface area contributed by atoms with Gasteiger partial charge in [-0.15, -0.1) is 0 Å². The second-order valence-corrected chi connectivity index (χ2v) is 8.66. The van der Waals surface area contributed by atoms with E-state index in [1.807, 2.05) is 20.8 Å². The third-order valence-corrected chi connectivity index (χ3v) is 4.52. The van der Waals surface area contributed by atoms with Gasteiger partial charge in [0, 0.05) is 17.9 Å². The van der Waals surface area contributed by atoms with E-state index in [-0.39, 0.29) is 35.0 Å². The average Bonchev–Trinajstić information content (AvgIpc) is 3.05. The Bertz CT molecular complexity index is 816. The van der Waals surface area contributed by atoms with E-state index in [0.29, 0.717) is 11.7 Å². The molecule has 0 spiro atoms. The minimum atomic E-state index is -3.54. The maximum Gasteiger partial charge on any atom is 0.232 e. The molecule has 0 aromatic carbocycles. The van der Waals surface area contributed by atoms with Crippen LogP contribution in [0.3, 0.4) is 0 Å². The number of amides is 1. The first-order valence-electron chi connectivity index (χ1n) is 7.32. The lowest BCUT2D eigenvalue weighted by atomic mass is 9.97. The molecule has 0 atom stereocenters. The molecule has 9 nitrogen and oxygen atoms in total. The van der Waals surface area contributed by atoms with Crippen molar-refractivity contribution in [1.82, 2.24) is 15.3 Å². The molecule has 0 fully saturated rings. The van der Waals surface area contributed by atoms with E-state index in [2.05, 4.69) is 20.6 Å². The van der Waals surface area contributed by atoms with Crippen LogP contribution in [0, 0.1) is 6.92 Å². The molecule has 0 aliphatic rings. The number of hydrogen-bond acceptors (Lipinski definition) is 8. The molecule has 0 saturated heterocycles. The molecule has 0 radical (unpaired) electrons. The van der Waals surface area contributed by atoms with Crippen molar-refractivity contribution in [3.05, 3.63) is 23.5 Å². The van der Waals surface area contributed by atoms with E-state index >= 15 is 0 Å². The predicted octanol–water partition coefficient (Wildman–Crippen LogP) is 1.61. The zero-order chi connectivity index (χ0) is 18.0. The van der Waals surface area contributed by atoms with Crippen molar-refractivity contribution < 1.29 is 22.3 Å². The van der Waals surface area contributed by atoms with Crippen LogP contribution in [0.5, 0.6) is 0 Å². The van der Waals surface area contributed by atoms with Crippen molar-refractivity contribution >= 4 is 21.6 Å². The Kier molecular flexibility index (Phi) is 5.07. The molecular formula is C14H20N4O5S. The average molecular weight is 356 g/mol. The Labute approximate surface area is 139 Å². The second kappa shape index (κ2) is 6.71. The zero-order valence-electron chi connectivity index (χ0n) is 14.0. The molecule has 2 aromatic rings. The van der Waals surface area contributed by atoms with Gasteiger partial charge in [-0.05, 0) is 6.92 Å². The van der Waals surface area contributed by atoms with E-state index in [4.69, 9.17) is 9.05 Å². The summed E-state index contributed by atoms with van der Waals surface area (Å²) in [5.74, 6) is 0.0973. The molecule has 0 saturated carbocycles. The number of sulfone groups is 1. The quantitative estimate of drug-likeness (QED) is 0.826. The van der Waals surface area contributed by atoms with Crippen LogP contribution < -0.4 is 5.32 Å². The van der Waals surface area contributed by atoms with Crippen molar-refractivity contribution in [2.45, 2.75) is 45.3 Å². The lowest BCUT2D eigenvalue weighted by Crippen LogP contribution is -2.19. The highest BCUT2D eigenvalue weighted by Gasteiger charge is 2.24. The van der Waals surface area contributed by atoms with Crippen LogP contribution >= 0.6 is 0 Å². The van der Waals surface area contributed by atoms with Gasteiger partial charge in [0.25, 0.3) is 0 Å². The van der Waals surface area contributed by atoms with Gasteiger partial charge in [0.1, 0.15) is 11.5 Å². The summed E-state index contributed by atoms with van der Waals surface area (Å²) in [5.41, 5.74) is -0.357. The number of carbonyl (C=O) groups is 1. The van der Waals surface area contributed by atoms with Gasteiger partial charge in [-0.2, -0.15) is 4.98 Å². The standard InChI is InChI=1S/C14H20N4O5S/c1-9-7-10(17-22-9)15-12(19)5-6-24(20,21)8-11-16-13(23-18-11)14(2,3)4/h7H,5-6,8H2,1-4H3,(H,15,17,19). The van der Waals surface area contributed by atoms with Crippen molar-refractivity contribution in [1.29, 1.82) is 0 Å². The highest BCUT2D eigenvalue weighted by atomic mass is 32.2. The minimum Gasteiger partial charge on any atom is -0.360 e. The van der Waals surface area contributed by atoms with Gasteiger partial charge in [-0.3, -0.25) is 4.79 Å². The summed E-state index contributed by atoms with van der Waals surface area (Å²) in [5, 5.41) is 9.75. The maximum atomic E-state index is 12.1. The molecular weight excluding hydrogens is 336 g/mol. The van der Waals surface area contributed by atoms with Crippen LogP contribution in [-0.2, 0) is 25.8 Å². The first-order valence-corrected chi connectivity index (χ1v) is 9.14. The lowest BCUT2D eigenvalue weighted by Gasteiger charge is -2.10. The maximum absolute atomic E-state index is 12.1. The van der Waals surface area contributed by atoms with Gasteiger partial charge in [0.15, 0.2) is 21.5 Å². The van der Waals surface area contributed by atoms with Gasteiger partial charge < -0.3 is 14.4 Å². The van der Waals surface area contributed by atoms with Gasteiger partial charge >= 0.3 is 0 Å². The van der Waals surface area contributed by atoms with Crippen molar-refractivity contribution in [2.75, 3.05) is 11.1 Å². The smallest absolute Gasteiger partial charge is 0.232 e. The molecule has 2 aromatic heterocycles. The Hall–Kier alpha value is -2.23. The number of nitrogens with zero attached hydrogens (tertiary/aromatic N) is 3. The molecule has 1 N–H and O–H groups in total. The molecule has 0 aliphatic heterocycles. The van der Waals surface area contributed by atoms with Crippen LogP contribution in [0.2, 0.25) is 0 Å². The largest absolute Gasteiger partial charge is 0.360 e. The Morgan fingerprint density at radius 3 is 2.50 bits per heavy atom. The van der Waals surface area contributed by atoms with Crippen LogP contribution in [0.15, 0.2) is 15.1 Å². The topological polar surface area (TPSA) is 128 Å². The highest BCUT2D eigenvalue weighted by Crippen LogP contribution is 2.20. The summed E-state index contributed by atoms with van der Waals surface area (Å²) in [4.78, 5) is 15.8. The third-order valence-electron chi connectivity index (χ3n) is 2.99. The van der Waals surface area contributed by atoms with Gasteiger partial charge in [0.2, 0.25) is 11.8 Å². The molecule has 2 heterocycles. The van der Waals surface area contributed by atoms with E-state index in [0.717, 1.165) is 0 Å². The molecule has 10 heteroatoms. The van der Waals surface area contributed by atoms with Gasteiger partial charge in [-0.25, -0.2) is 8.42 Å². The fourth-order valence-corrected chi connectivity index (χ4v) is 2.92. The number of hydrogen-bond donors (Lipinski definition) is 1. The molecule has 1 amide bonds. The van der Waals surface area contributed by atoms with Gasteiger partial charge in [-0.1, -0.05) is 31.1 Å². The van der Waals surface area contributed by atoms with Crippen LogP contribution in [-0.4, -0.2) is 35.4 Å². The van der Waals surface area contributed by atoms with Crippen LogP contribution in [0.1, 0.15) is 44.7 Å². The van der Waals surface area contributed by atoms with Crippen molar-refractivity contribution in [3.8, 4) is 0 Å². The number of anilines is 1.